The highest BCUT2D eigenvalue weighted by Crippen LogP contribution is 2.19. The van der Waals surface area contributed by atoms with E-state index in [1.54, 1.807) is 0 Å². The molecule has 0 aromatic carbocycles. The summed E-state index contributed by atoms with van der Waals surface area (Å²) in [6.45, 7) is 6.47. The summed E-state index contributed by atoms with van der Waals surface area (Å²) in [4.78, 5) is 11.8. The summed E-state index contributed by atoms with van der Waals surface area (Å²) in [7, 11) is -3.13. The number of nitrogens with one attached hydrogen (secondary N) is 3. The van der Waals surface area contributed by atoms with E-state index in [1.807, 2.05) is 20.8 Å². The molecule has 2 unspecified atom stereocenters. The largest absolute Gasteiger partial charge is 0.444 e. The predicted molar refractivity (Wildman–Crippen MR) is 86.3 cm³/mol. The molecule has 22 heavy (non-hydrogen) atoms. The molecular weight excluding hydrogens is 306 g/mol. The first-order valence-electron chi connectivity index (χ1n) is 7.73. The van der Waals surface area contributed by atoms with Gasteiger partial charge in [-0.3, -0.25) is 0 Å². The van der Waals surface area contributed by atoms with Crippen LogP contribution in [0.5, 0.6) is 0 Å². The van der Waals surface area contributed by atoms with Gasteiger partial charge in [-0.2, -0.15) is 0 Å². The zero-order valence-electron chi connectivity index (χ0n) is 13.9. The van der Waals surface area contributed by atoms with E-state index in [4.69, 9.17) is 4.74 Å². The zero-order valence-corrected chi connectivity index (χ0v) is 14.8. The maximum absolute atomic E-state index is 11.8. The number of alkyl carbamates (subject to hydrolysis) is 1. The lowest BCUT2D eigenvalue weighted by atomic mass is 9.91. The molecular formula is C14H29N3O4S. The molecule has 0 saturated heterocycles. The third-order valence-electron chi connectivity index (χ3n) is 3.32. The molecule has 8 heteroatoms. The number of carbonyl (C=O) groups excluding carboxylic acids is 1. The summed E-state index contributed by atoms with van der Waals surface area (Å²) in [6.07, 6.45) is 4.60. The fourth-order valence-electron chi connectivity index (χ4n) is 2.49. The van der Waals surface area contributed by atoms with Crippen molar-refractivity contribution >= 4 is 16.1 Å². The lowest BCUT2D eigenvalue weighted by Crippen LogP contribution is -2.46. The van der Waals surface area contributed by atoms with E-state index in [1.165, 1.54) is 0 Å². The van der Waals surface area contributed by atoms with Crippen LogP contribution in [-0.2, 0) is 14.8 Å². The van der Waals surface area contributed by atoms with Gasteiger partial charge in [0.25, 0.3) is 0 Å². The first-order chi connectivity index (χ1) is 10.1. The summed E-state index contributed by atoms with van der Waals surface area (Å²) in [6, 6.07) is 0.388. The lowest BCUT2D eigenvalue weighted by Gasteiger charge is -2.31. The Labute approximate surface area is 133 Å². The van der Waals surface area contributed by atoms with E-state index in [2.05, 4.69) is 15.4 Å². The quantitative estimate of drug-likeness (QED) is 0.628. The molecule has 1 aliphatic rings. The molecule has 0 radical (unpaired) electrons. The van der Waals surface area contributed by atoms with E-state index in [9.17, 15) is 13.2 Å². The smallest absolute Gasteiger partial charge is 0.407 e. The van der Waals surface area contributed by atoms with Crippen LogP contribution in [-0.4, -0.2) is 51.5 Å². The van der Waals surface area contributed by atoms with Gasteiger partial charge in [0.15, 0.2) is 0 Å². The van der Waals surface area contributed by atoms with Crippen LogP contribution in [0.4, 0.5) is 4.79 Å². The average molecular weight is 335 g/mol. The molecule has 1 amide bonds. The highest BCUT2D eigenvalue weighted by atomic mass is 32.2. The number of hydrogen-bond donors (Lipinski definition) is 3. The number of carbonyl (C=O) groups is 1. The van der Waals surface area contributed by atoms with Gasteiger partial charge in [0.2, 0.25) is 10.0 Å². The second kappa shape index (κ2) is 8.12. The Morgan fingerprint density at radius 1 is 1.18 bits per heavy atom. The number of rotatable bonds is 6. The molecule has 7 nitrogen and oxygen atoms in total. The summed E-state index contributed by atoms with van der Waals surface area (Å²) in [5, 5.41) is 6.23. The van der Waals surface area contributed by atoms with Crippen LogP contribution < -0.4 is 15.4 Å². The monoisotopic (exact) mass is 335 g/mol. The molecule has 0 aromatic rings. The fraction of sp³-hybridized carbons (Fsp3) is 0.929. The Morgan fingerprint density at radius 2 is 1.82 bits per heavy atom. The van der Waals surface area contributed by atoms with Crippen molar-refractivity contribution in [2.45, 2.75) is 64.1 Å². The van der Waals surface area contributed by atoms with Crippen LogP contribution in [0, 0.1) is 0 Å². The average Bonchev–Trinajstić information content (AvgIpc) is 2.31. The van der Waals surface area contributed by atoms with Gasteiger partial charge < -0.3 is 15.4 Å². The highest BCUT2D eigenvalue weighted by Gasteiger charge is 2.25. The number of ether oxygens (including phenoxy) is 1. The summed E-state index contributed by atoms with van der Waals surface area (Å²) < 4.78 is 29.7. The van der Waals surface area contributed by atoms with E-state index in [0.717, 1.165) is 31.9 Å². The maximum atomic E-state index is 11.8. The Bertz CT molecular complexity index is 459. The van der Waals surface area contributed by atoms with Crippen molar-refractivity contribution in [3.63, 3.8) is 0 Å². The summed E-state index contributed by atoms with van der Waals surface area (Å²) in [5.41, 5.74) is -0.492. The van der Waals surface area contributed by atoms with Crippen molar-refractivity contribution in [1.29, 1.82) is 0 Å². The van der Waals surface area contributed by atoms with Crippen molar-refractivity contribution in [2.24, 2.45) is 0 Å². The predicted octanol–water partition coefficient (Wildman–Crippen LogP) is 0.961. The SMILES string of the molecule is CC(C)(C)OC(=O)NC1CCCC(NCCNS(C)(=O)=O)C1. The van der Waals surface area contributed by atoms with Gasteiger partial charge in [0, 0.05) is 25.2 Å². The molecule has 0 heterocycles. The van der Waals surface area contributed by atoms with Crippen LogP contribution in [0.25, 0.3) is 0 Å². The Balaban J connectivity index is 2.28. The molecule has 0 spiro atoms. The molecule has 0 aliphatic heterocycles. The third kappa shape index (κ3) is 9.22. The van der Waals surface area contributed by atoms with Crippen LogP contribution in [0.1, 0.15) is 46.5 Å². The number of sulfonamides is 1. The van der Waals surface area contributed by atoms with E-state index < -0.39 is 15.6 Å². The molecule has 1 saturated carbocycles. The normalized spacial score (nSPS) is 23.1. The van der Waals surface area contributed by atoms with Gasteiger partial charge in [-0.05, 0) is 46.5 Å². The second-order valence-electron chi connectivity index (χ2n) is 6.83. The standard InChI is InChI=1S/C14H29N3O4S/c1-14(2,3)21-13(18)17-12-7-5-6-11(10-12)15-8-9-16-22(4,19)20/h11-12,15-16H,5-10H2,1-4H3,(H,17,18). The minimum absolute atomic E-state index is 0.101. The second-order valence-corrected chi connectivity index (χ2v) is 8.66. The summed E-state index contributed by atoms with van der Waals surface area (Å²) >= 11 is 0. The molecule has 2 atom stereocenters. The zero-order chi connectivity index (χ0) is 16.8. The first-order valence-corrected chi connectivity index (χ1v) is 9.62. The molecule has 0 bridgehead atoms. The number of amides is 1. The topological polar surface area (TPSA) is 96.5 Å². The van der Waals surface area contributed by atoms with Gasteiger partial charge >= 0.3 is 6.09 Å². The van der Waals surface area contributed by atoms with Crippen LogP contribution in [0.2, 0.25) is 0 Å². The molecule has 1 fully saturated rings. The third-order valence-corrected chi connectivity index (χ3v) is 4.05. The lowest BCUT2D eigenvalue weighted by molar-refractivity contribution is 0.0488. The van der Waals surface area contributed by atoms with Crippen LogP contribution in [0.15, 0.2) is 0 Å². The van der Waals surface area contributed by atoms with E-state index >= 15 is 0 Å². The van der Waals surface area contributed by atoms with Crippen LogP contribution >= 0.6 is 0 Å². The van der Waals surface area contributed by atoms with E-state index in [0.29, 0.717) is 13.1 Å². The van der Waals surface area contributed by atoms with Gasteiger partial charge in [-0.15, -0.1) is 0 Å². The van der Waals surface area contributed by atoms with Gasteiger partial charge in [0.05, 0.1) is 6.26 Å². The van der Waals surface area contributed by atoms with Crippen molar-refractivity contribution in [1.82, 2.24) is 15.4 Å². The molecule has 130 valence electrons. The van der Waals surface area contributed by atoms with Crippen LogP contribution in [0.3, 0.4) is 0 Å². The van der Waals surface area contributed by atoms with Gasteiger partial charge in [-0.1, -0.05) is 0 Å². The fourth-order valence-corrected chi connectivity index (χ4v) is 2.97. The number of hydrogen-bond acceptors (Lipinski definition) is 5. The minimum atomic E-state index is -3.13. The Kier molecular flexibility index (Phi) is 7.08. The summed E-state index contributed by atoms with van der Waals surface area (Å²) in [5.74, 6) is 0. The van der Waals surface area contributed by atoms with Crippen molar-refractivity contribution in [3.8, 4) is 0 Å². The van der Waals surface area contributed by atoms with Crippen molar-refractivity contribution in [3.05, 3.63) is 0 Å². The van der Waals surface area contributed by atoms with Gasteiger partial charge in [0.1, 0.15) is 5.60 Å². The van der Waals surface area contributed by atoms with Crippen molar-refractivity contribution < 1.29 is 17.9 Å². The maximum Gasteiger partial charge on any atom is 0.407 e. The molecule has 1 aliphatic carbocycles. The molecule has 1 rings (SSSR count). The van der Waals surface area contributed by atoms with Crippen molar-refractivity contribution in [2.75, 3.05) is 19.3 Å². The highest BCUT2D eigenvalue weighted by molar-refractivity contribution is 7.88. The minimum Gasteiger partial charge on any atom is -0.444 e. The van der Waals surface area contributed by atoms with E-state index in [-0.39, 0.29) is 18.2 Å². The Morgan fingerprint density at radius 3 is 2.41 bits per heavy atom. The molecule has 0 aromatic heterocycles. The molecule has 3 N–H and O–H groups in total. The Hall–Kier alpha value is -0.860. The first kappa shape index (κ1) is 19.2. The van der Waals surface area contributed by atoms with Gasteiger partial charge in [-0.25, -0.2) is 17.9 Å².